The summed E-state index contributed by atoms with van der Waals surface area (Å²) in [6, 6.07) is 17.1. The summed E-state index contributed by atoms with van der Waals surface area (Å²) in [6.07, 6.45) is 0.831. The molecular formula is C27H33N3O4. The first-order chi connectivity index (χ1) is 16.2. The van der Waals surface area contributed by atoms with Crippen molar-refractivity contribution in [3.05, 3.63) is 71.4 Å². The number of rotatable bonds is 10. The Kier molecular flexibility index (Phi) is 8.10. The second kappa shape index (κ2) is 11.0. The predicted molar refractivity (Wildman–Crippen MR) is 133 cm³/mol. The Hall–Kier alpha value is -3.61. The van der Waals surface area contributed by atoms with E-state index in [0.29, 0.717) is 48.9 Å². The van der Waals surface area contributed by atoms with Gasteiger partial charge in [0.1, 0.15) is 5.82 Å². The van der Waals surface area contributed by atoms with E-state index in [0.717, 1.165) is 11.3 Å². The molecule has 1 amide bonds. The van der Waals surface area contributed by atoms with Crippen LogP contribution in [0.3, 0.4) is 0 Å². The number of nitrogens with one attached hydrogen (secondary N) is 1. The lowest BCUT2D eigenvalue weighted by Gasteiger charge is -2.14. The SMILES string of the molecule is COc1cc(C(C)=O)ccc1OCCCC(=O)Nc1cc(C(C)(C)C)nn1Cc1ccccc1. The lowest BCUT2D eigenvalue weighted by Crippen LogP contribution is -2.17. The van der Waals surface area contributed by atoms with Gasteiger partial charge in [-0.15, -0.1) is 0 Å². The van der Waals surface area contributed by atoms with Crippen molar-refractivity contribution >= 4 is 17.5 Å². The van der Waals surface area contributed by atoms with Crippen LogP contribution in [0, 0.1) is 0 Å². The number of amides is 1. The monoisotopic (exact) mass is 463 g/mol. The van der Waals surface area contributed by atoms with Gasteiger partial charge in [-0.2, -0.15) is 5.10 Å². The minimum Gasteiger partial charge on any atom is -0.493 e. The van der Waals surface area contributed by atoms with Crippen LogP contribution in [0.1, 0.15) is 62.2 Å². The molecule has 2 aromatic carbocycles. The summed E-state index contributed by atoms with van der Waals surface area (Å²) in [7, 11) is 1.53. The molecule has 180 valence electrons. The van der Waals surface area contributed by atoms with E-state index in [9.17, 15) is 9.59 Å². The summed E-state index contributed by atoms with van der Waals surface area (Å²) in [5, 5.41) is 7.75. The van der Waals surface area contributed by atoms with Gasteiger partial charge in [0, 0.05) is 23.5 Å². The third-order valence-corrected chi connectivity index (χ3v) is 5.37. The Morgan fingerprint density at radius 3 is 2.41 bits per heavy atom. The third kappa shape index (κ3) is 6.70. The van der Waals surface area contributed by atoms with Gasteiger partial charge in [-0.05, 0) is 37.1 Å². The summed E-state index contributed by atoms with van der Waals surface area (Å²) in [5.41, 5.74) is 2.46. The van der Waals surface area contributed by atoms with Crippen molar-refractivity contribution in [1.82, 2.24) is 9.78 Å². The molecule has 0 radical (unpaired) electrons. The van der Waals surface area contributed by atoms with E-state index in [1.54, 1.807) is 18.2 Å². The van der Waals surface area contributed by atoms with E-state index in [1.807, 2.05) is 41.1 Å². The summed E-state index contributed by atoms with van der Waals surface area (Å²) >= 11 is 0. The number of nitrogens with zero attached hydrogens (tertiary/aromatic N) is 2. The van der Waals surface area contributed by atoms with Crippen molar-refractivity contribution < 1.29 is 19.1 Å². The Morgan fingerprint density at radius 2 is 1.76 bits per heavy atom. The fraction of sp³-hybridized carbons (Fsp3) is 0.370. The zero-order chi connectivity index (χ0) is 24.7. The molecule has 0 aliphatic carbocycles. The fourth-order valence-electron chi connectivity index (χ4n) is 3.39. The van der Waals surface area contributed by atoms with Gasteiger partial charge in [0.25, 0.3) is 0 Å². The number of anilines is 1. The Labute approximate surface area is 201 Å². The number of methoxy groups -OCH3 is 1. The summed E-state index contributed by atoms with van der Waals surface area (Å²) in [4.78, 5) is 24.2. The molecule has 3 rings (SSSR count). The number of benzene rings is 2. The number of hydrogen-bond acceptors (Lipinski definition) is 5. The van der Waals surface area contributed by atoms with Crippen molar-refractivity contribution in [2.24, 2.45) is 0 Å². The summed E-state index contributed by atoms with van der Waals surface area (Å²) in [6.45, 7) is 8.72. The molecule has 0 spiro atoms. The Bertz CT molecular complexity index is 1130. The number of carbonyl (C=O) groups excluding carboxylic acids is 2. The van der Waals surface area contributed by atoms with E-state index in [1.165, 1.54) is 14.0 Å². The highest BCUT2D eigenvalue weighted by Gasteiger charge is 2.21. The molecule has 0 atom stereocenters. The molecule has 34 heavy (non-hydrogen) atoms. The van der Waals surface area contributed by atoms with E-state index in [2.05, 4.69) is 26.1 Å². The molecule has 0 unspecified atom stereocenters. The van der Waals surface area contributed by atoms with Gasteiger partial charge in [-0.3, -0.25) is 9.59 Å². The number of hydrogen-bond donors (Lipinski definition) is 1. The highest BCUT2D eigenvalue weighted by Crippen LogP contribution is 2.28. The van der Waals surface area contributed by atoms with Crippen molar-refractivity contribution in [2.45, 2.75) is 52.5 Å². The van der Waals surface area contributed by atoms with Crippen LogP contribution in [0.2, 0.25) is 0 Å². The van der Waals surface area contributed by atoms with E-state index >= 15 is 0 Å². The molecule has 0 saturated carbocycles. The molecule has 0 aliphatic rings. The van der Waals surface area contributed by atoms with Crippen LogP contribution in [0.5, 0.6) is 11.5 Å². The molecule has 3 aromatic rings. The predicted octanol–water partition coefficient (Wildman–Crippen LogP) is 5.24. The van der Waals surface area contributed by atoms with Crippen LogP contribution in [-0.2, 0) is 16.8 Å². The second-order valence-corrected chi connectivity index (χ2v) is 9.23. The third-order valence-electron chi connectivity index (χ3n) is 5.37. The van der Waals surface area contributed by atoms with Crippen LogP contribution in [0.25, 0.3) is 0 Å². The highest BCUT2D eigenvalue weighted by molar-refractivity contribution is 5.94. The zero-order valence-corrected chi connectivity index (χ0v) is 20.6. The van der Waals surface area contributed by atoms with Crippen LogP contribution >= 0.6 is 0 Å². The first-order valence-corrected chi connectivity index (χ1v) is 11.4. The molecule has 1 N–H and O–H groups in total. The quantitative estimate of drug-likeness (QED) is 0.329. The van der Waals surface area contributed by atoms with Gasteiger partial charge >= 0.3 is 0 Å². The molecule has 7 nitrogen and oxygen atoms in total. The Morgan fingerprint density at radius 1 is 1.03 bits per heavy atom. The minimum absolute atomic E-state index is 0.0392. The number of ketones is 1. The first-order valence-electron chi connectivity index (χ1n) is 11.4. The average molecular weight is 464 g/mol. The van der Waals surface area contributed by atoms with E-state index in [4.69, 9.17) is 14.6 Å². The first kappa shape index (κ1) is 25.0. The standard InChI is InChI=1S/C27H33N3O4/c1-19(31)21-13-14-22(23(16-21)33-5)34-15-9-12-26(32)28-25-17-24(27(2,3)4)29-30(25)18-20-10-7-6-8-11-20/h6-8,10-11,13-14,16-17H,9,12,15,18H2,1-5H3,(H,28,32). The van der Waals surface area contributed by atoms with Gasteiger partial charge in [0.05, 0.1) is 26.0 Å². The van der Waals surface area contributed by atoms with Crippen molar-refractivity contribution in [2.75, 3.05) is 19.0 Å². The molecule has 0 bridgehead atoms. The van der Waals surface area contributed by atoms with Crippen molar-refractivity contribution in [1.29, 1.82) is 0 Å². The number of carbonyl (C=O) groups is 2. The largest absolute Gasteiger partial charge is 0.493 e. The lowest BCUT2D eigenvalue weighted by atomic mass is 9.92. The van der Waals surface area contributed by atoms with Gasteiger partial charge in [0.2, 0.25) is 5.91 Å². The Balaban J connectivity index is 1.59. The second-order valence-electron chi connectivity index (χ2n) is 9.23. The number of aromatic nitrogens is 2. The maximum atomic E-state index is 12.7. The van der Waals surface area contributed by atoms with E-state index in [-0.39, 0.29) is 17.1 Å². The smallest absolute Gasteiger partial charge is 0.225 e. The average Bonchev–Trinajstić information content (AvgIpc) is 3.20. The van der Waals surface area contributed by atoms with Crippen molar-refractivity contribution in [3.63, 3.8) is 0 Å². The topological polar surface area (TPSA) is 82.4 Å². The molecule has 1 aromatic heterocycles. The molecular weight excluding hydrogens is 430 g/mol. The highest BCUT2D eigenvalue weighted by atomic mass is 16.5. The maximum absolute atomic E-state index is 12.7. The minimum atomic E-state index is -0.133. The molecule has 7 heteroatoms. The maximum Gasteiger partial charge on any atom is 0.225 e. The molecule has 1 heterocycles. The van der Waals surface area contributed by atoms with Crippen LogP contribution in [0.4, 0.5) is 5.82 Å². The molecule has 0 fully saturated rings. The van der Waals surface area contributed by atoms with E-state index < -0.39 is 0 Å². The van der Waals surface area contributed by atoms with Crippen LogP contribution < -0.4 is 14.8 Å². The van der Waals surface area contributed by atoms with Crippen LogP contribution in [0.15, 0.2) is 54.6 Å². The van der Waals surface area contributed by atoms with Gasteiger partial charge < -0.3 is 14.8 Å². The molecule has 0 saturated heterocycles. The normalized spacial score (nSPS) is 11.2. The fourth-order valence-corrected chi connectivity index (χ4v) is 3.39. The summed E-state index contributed by atoms with van der Waals surface area (Å²) in [5.74, 6) is 1.58. The van der Waals surface area contributed by atoms with Gasteiger partial charge in [-0.25, -0.2) is 4.68 Å². The molecule has 0 aliphatic heterocycles. The van der Waals surface area contributed by atoms with Gasteiger partial charge in [-0.1, -0.05) is 51.1 Å². The summed E-state index contributed by atoms with van der Waals surface area (Å²) < 4.78 is 12.9. The van der Waals surface area contributed by atoms with Gasteiger partial charge in [0.15, 0.2) is 17.3 Å². The lowest BCUT2D eigenvalue weighted by molar-refractivity contribution is -0.116. The number of ether oxygens (including phenoxy) is 2. The number of Topliss-reactive ketones (excluding diaryl/α,β-unsaturated/α-hetero) is 1. The van der Waals surface area contributed by atoms with Crippen molar-refractivity contribution in [3.8, 4) is 11.5 Å². The van der Waals surface area contributed by atoms with Crippen LogP contribution in [-0.4, -0.2) is 35.2 Å². The zero-order valence-electron chi connectivity index (χ0n) is 20.6.